The van der Waals surface area contributed by atoms with Gasteiger partial charge in [0.25, 0.3) is 0 Å². The Balaban J connectivity index is 1.64. The summed E-state index contributed by atoms with van der Waals surface area (Å²) < 4.78 is 0. The number of rotatable bonds is 2. The minimum Gasteiger partial charge on any atom is -0.478 e. The zero-order valence-electron chi connectivity index (χ0n) is 12.7. The van der Waals surface area contributed by atoms with E-state index in [9.17, 15) is 9.59 Å². The molecular formula is C19H17NO3. The number of carbonyl (C=O) groups excluding carboxylic acids is 1. The number of anilines is 1. The molecule has 1 saturated heterocycles. The Morgan fingerprint density at radius 1 is 1.04 bits per heavy atom. The Morgan fingerprint density at radius 2 is 1.78 bits per heavy atom. The molecule has 1 heterocycles. The molecule has 1 aliphatic heterocycles. The quantitative estimate of drug-likeness (QED) is 0.928. The molecule has 2 aromatic carbocycles. The fraction of sp³-hybridized carbons (Fsp3) is 0.263. The maximum Gasteiger partial charge on any atom is 0.335 e. The van der Waals surface area contributed by atoms with E-state index in [1.807, 2.05) is 41.3 Å². The minimum atomic E-state index is -0.919. The molecule has 1 fully saturated rings. The van der Waals surface area contributed by atoms with Gasteiger partial charge in [0.15, 0.2) is 0 Å². The van der Waals surface area contributed by atoms with Gasteiger partial charge in [-0.1, -0.05) is 24.3 Å². The van der Waals surface area contributed by atoms with E-state index in [0.29, 0.717) is 18.4 Å². The molecule has 2 aliphatic rings. The molecule has 0 radical (unpaired) electrons. The molecular weight excluding hydrogens is 290 g/mol. The molecule has 1 aliphatic carbocycles. The molecule has 2 aromatic rings. The average molecular weight is 307 g/mol. The summed E-state index contributed by atoms with van der Waals surface area (Å²) in [5, 5.41) is 9.14. The number of carbonyl (C=O) groups is 2. The van der Waals surface area contributed by atoms with Crippen molar-refractivity contribution in [1.82, 2.24) is 0 Å². The van der Waals surface area contributed by atoms with Crippen LogP contribution in [0.5, 0.6) is 0 Å². The number of aromatic carboxylic acids is 1. The summed E-state index contributed by atoms with van der Waals surface area (Å²) in [5.41, 5.74) is 2.96. The predicted molar refractivity (Wildman–Crippen MR) is 86.7 cm³/mol. The van der Waals surface area contributed by atoms with E-state index in [-0.39, 0.29) is 5.91 Å². The van der Waals surface area contributed by atoms with Gasteiger partial charge >= 0.3 is 5.97 Å². The second kappa shape index (κ2) is 4.95. The summed E-state index contributed by atoms with van der Waals surface area (Å²) in [6, 6.07) is 15.0. The van der Waals surface area contributed by atoms with Crippen LogP contribution >= 0.6 is 0 Å². The fourth-order valence-electron chi connectivity index (χ4n) is 3.89. The number of hydrogen-bond donors (Lipinski definition) is 1. The molecule has 0 saturated carbocycles. The molecule has 23 heavy (non-hydrogen) atoms. The molecule has 1 N–H and O–H groups in total. The predicted octanol–water partition coefficient (Wildman–Crippen LogP) is 2.91. The van der Waals surface area contributed by atoms with Crippen molar-refractivity contribution < 1.29 is 14.7 Å². The first kappa shape index (κ1) is 14.0. The minimum absolute atomic E-state index is 0.164. The molecule has 1 atom stereocenters. The van der Waals surface area contributed by atoms with Gasteiger partial charge in [0.1, 0.15) is 0 Å². The van der Waals surface area contributed by atoms with Crippen molar-refractivity contribution in [3.8, 4) is 0 Å². The summed E-state index contributed by atoms with van der Waals surface area (Å²) in [6.45, 7) is 0.725. The highest BCUT2D eigenvalue weighted by atomic mass is 16.4. The van der Waals surface area contributed by atoms with Gasteiger partial charge in [0.05, 0.1) is 11.0 Å². The van der Waals surface area contributed by atoms with Crippen molar-refractivity contribution in [1.29, 1.82) is 0 Å². The number of carboxylic acid groups (broad SMARTS) is 1. The molecule has 0 unspecified atom stereocenters. The van der Waals surface area contributed by atoms with Crippen molar-refractivity contribution in [2.45, 2.75) is 19.3 Å². The molecule has 0 bridgehead atoms. The van der Waals surface area contributed by atoms with Crippen LogP contribution in [0.4, 0.5) is 5.69 Å². The maximum atomic E-state index is 13.0. The van der Waals surface area contributed by atoms with E-state index in [1.54, 1.807) is 12.1 Å². The smallest absolute Gasteiger partial charge is 0.335 e. The fourth-order valence-corrected chi connectivity index (χ4v) is 3.89. The van der Waals surface area contributed by atoms with Crippen LogP contribution in [0.1, 0.15) is 27.9 Å². The van der Waals surface area contributed by atoms with Gasteiger partial charge in [-0.05, 0) is 54.7 Å². The zero-order valence-corrected chi connectivity index (χ0v) is 12.7. The lowest BCUT2D eigenvalue weighted by atomic mass is 9.83. The third-order valence-corrected chi connectivity index (χ3v) is 5.09. The molecule has 116 valence electrons. The number of para-hydroxylation sites is 1. The van der Waals surface area contributed by atoms with Gasteiger partial charge in [0.2, 0.25) is 5.91 Å². The lowest BCUT2D eigenvalue weighted by Crippen LogP contribution is -2.35. The third-order valence-electron chi connectivity index (χ3n) is 5.09. The van der Waals surface area contributed by atoms with Gasteiger partial charge in [-0.15, -0.1) is 0 Å². The summed E-state index contributed by atoms with van der Waals surface area (Å²) in [4.78, 5) is 26.0. The first-order chi connectivity index (χ1) is 11.1. The average Bonchev–Trinajstić information content (AvgIpc) is 3.08. The van der Waals surface area contributed by atoms with E-state index in [4.69, 9.17) is 5.11 Å². The normalized spacial score (nSPS) is 22.6. The molecule has 1 amide bonds. The Kier molecular flexibility index (Phi) is 3.01. The highest BCUT2D eigenvalue weighted by Crippen LogP contribution is 2.46. The van der Waals surface area contributed by atoms with Crippen molar-refractivity contribution in [2.75, 3.05) is 11.4 Å². The summed E-state index contributed by atoms with van der Waals surface area (Å²) in [6.07, 6.45) is 2.17. The molecule has 0 aromatic heterocycles. The van der Waals surface area contributed by atoms with Crippen LogP contribution in [0.15, 0.2) is 48.5 Å². The second-order valence-corrected chi connectivity index (χ2v) is 6.46. The SMILES string of the molecule is O=C(O)c1ccc2c(c1)C[C@]1(CCN(c3ccccc3)C1=O)C2. The third kappa shape index (κ3) is 2.13. The lowest BCUT2D eigenvalue weighted by Gasteiger charge is -2.22. The van der Waals surface area contributed by atoms with Crippen molar-refractivity contribution in [3.05, 3.63) is 65.2 Å². The van der Waals surface area contributed by atoms with E-state index in [2.05, 4.69) is 0 Å². The van der Waals surface area contributed by atoms with Crippen LogP contribution in [0, 0.1) is 5.41 Å². The number of amides is 1. The van der Waals surface area contributed by atoms with Gasteiger partial charge in [0, 0.05) is 12.2 Å². The zero-order chi connectivity index (χ0) is 16.0. The van der Waals surface area contributed by atoms with Gasteiger partial charge in [-0.25, -0.2) is 4.79 Å². The van der Waals surface area contributed by atoms with E-state index >= 15 is 0 Å². The molecule has 1 spiro atoms. The summed E-state index contributed by atoms with van der Waals surface area (Å²) in [5.74, 6) is -0.755. The van der Waals surface area contributed by atoms with Crippen LogP contribution < -0.4 is 4.90 Å². The first-order valence-corrected chi connectivity index (χ1v) is 7.81. The van der Waals surface area contributed by atoms with Crippen LogP contribution in [-0.4, -0.2) is 23.5 Å². The summed E-state index contributed by atoms with van der Waals surface area (Å²) >= 11 is 0. The van der Waals surface area contributed by atoms with E-state index < -0.39 is 11.4 Å². The lowest BCUT2D eigenvalue weighted by molar-refractivity contribution is -0.125. The van der Waals surface area contributed by atoms with Crippen molar-refractivity contribution in [3.63, 3.8) is 0 Å². The monoisotopic (exact) mass is 307 g/mol. The van der Waals surface area contributed by atoms with Crippen LogP contribution in [0.2, 0.25) is 0 Å². The Hall–Kier alpha value is -2.62. The molecule has 4 rings (SSSR count). The Morgan fingerprint density at radius 3 is 2.52 bits per heavy atom. The Bertz CT molecular complexity index is 800. The topological polar surface area (TPSA) is 57.6 Å². The second-order valence-electron chi connectivity index (χ2n) is 6.46. The maximum absolute atomic E-state index is 13.0. The van der Waals surface area contributed by atoms with E-state index in [0.717, 1.165) is 29.8 Å². The Labute approximate surface area is 134 Å². The number of nitrogens with zero attached hydrogens (tertiary/aromatic N) is 1. The molecule has 4 heteroatoms. The van der Waals surface area contributed by atoms with Crippen LogP contribution in [-0.2, 0) is 17.6 Å². The number of hydrogen-bond acceptors (Lipinski definition) is 2. The van der Waals surface area contributed by atoms with Gasteiger partial charge in [-0.3, -0.25) is 4.79 Å². The van der Waals surface area contributed by atoms with Gasteiger partial charge in [-0.2, -0.15) is 0 Å². The number of carboxylic acids is 1. The summed E-state index contributed by atoms with van der Waals surface area (Å²) in [7, 11) is 0. The van der Waals surface area contributed by atoms with Gasteiger partial charge < -0.3 is 10.0 Å². The van der Waals surface area contributed by atoms with Crippen LogP contribution in [0.25, 0.3) is 0 Å². The molecule has 4 nitrogen and oxygen atoms in total. The van der Waals surface area contributed by atoms with Crippen molar-refractivity contribution in [2.24, 2.45) is 5.41 Å². The van der Waals surface area contributed by atoms with E-state index in [1.165, 1.54) is 0 Å². The largest absolute Gasteiger partial charge is 0.478 e. The number of fused-ring (bicyclic) bond motifs is 1. The standard InChI is InChI=1S/C19H17NO3/c21-17(22)13-6-7-14-11-19(12-15(14)10-13)8-9-20(18(19)23)16-4-2-1-3-5-16/h1-7,10H,8-9,11-12H2,(H,21,22)/t19-/m0/s1. The van der Waals surface area contributed by atoms with Crippen molar-refractivity contribution >= 4 is 17.6 Å². The first-order valence-electron chi connectivity index (χ1n) is 7.81. The number of benzene rings is 2. The van der Waals surface area contributed by atoms with Crippen LogP contribution in [0.3, 0.4) is 0 Å². The highest BCUT2D eigenvalue weighted by Gasteiger charge is 2.50. The highest BCUT2D eigenvalue weighted by molar-refractivity contribution is 6.01.